The minimum atomic E-state index is 0.189. The molecule has 1 aliphatic carbocycles. The van der Waals surface area contributed by atoms with Gasteiger partial charge in [0.1, 0.15) is 0 Å². The first kappa shape index (κ1) is 14.3. The molecule has 0 spiro atoms. The van der Waals surface area contributed by atoms with Gasteiger partial charge in [-0.25, -0.2) is 0 Å². The van der Waals surface area contributed by atoms with Crippen LogP contribution < -0.4 is 11.3 Å². The van der Waals surface area contributed by atoms with E-state index in [-0.39, 0.29) is 6.04 Å². The number of nitrogens with one attached hydrogen (secondary N) is 1. The molecular formula is C16H16Br2N2. The molecule has 0 aliphatic heterocycles. The van der Waals surface area contributed by atoms with Crippen LogP contribution >= 0.6 is 31.9 Å². The van der Waals surface area contributed by atoms with Crippen molar-refractivity contribution in [2.24, 2.45) is 11.8 Å². The molecule has 0 bridgehead atoms. The van der Waals surface area contributed by atoms with Crippen LogP contribution in [0.25, 0.3) is 0 Å². The molecule has 3 rings (SSSR count). The first-order chi connectivity index (χ1) is 9.69. The molecule has 2 aromatic rings. The van der Waals surface area contributed by atoms with Gasteiger partial charge in [-0.1, -0.05) is 62.2 Å². The number of hydrazine groups is 1. The molecule has 2 nitrogen and oxygen atoms in total. The lowest BCUT2D eigenvalue weighted by Gasteiger charge is -2.17. The van der Waals surface area contributed by atoms with Gasteiger partial charge in [-0.3, -0.25) is 11.3 Å². The molecule has 2 aromatic carbocycles. The zero-order valence-corrected chi connectivity index (χ0v) is 14.1. The van der Waals surface area contributed by atoms with Crippen molar-refractivity contribution in [2.75, 3.05) is 0 Å². The molecule has 0 amide bonds. The van der Waals surface area contributed by atoms with Crippen molar-refractivity contribution in [1.29, 1.82) is 0 Å². The quantitative estimate of drug-likeness (QED) is 0.589. The van der Waals surface area contributed by atoms with E-state index >= 15 is 0 Å². The smallest absolute Gasteiger partial charge is 0.0495 e. The highest BCUT2D eigenvalue weighted by Gasteiger charge is 2.44. The van der Waals surface area contributed by atoms with Gasteiger partial charge in [0.15, 0.2) is 0 Å². The maximum Gasteiger partial charge on any atom is 0.0495 e. The molecule has 3 unspecified atom stereocenters. The first-order valence-electron chi connectivity index (χ1n) is 6.66. The summed E-state index contributed by atoms with van der Waals surface area (Å²) in [6.07, 6.45) is 1.18. The summed E-state index contributed by atoms with van der Waals surface area (Å²) in [5, 5.41) is 0. The summed E-state index contributed by atoms with van der Waals surface area (Å²) in [7, 11) is 0. The molecule has 20 heavy (non-hydrogen) atoms. The molecule has 1 fully saturated rings. The van der Waals surface area contributed by atoms with Crippen molar-refractivity contribution in [3.8, 4) is 0 Å². The fourth-order valence-electron chi connectivity index (χ4n) is 2.89. The van der Waals surface area contributed by atoms with Gasteiger partial charge in [0.2, 0.25) is 0 Å². The molecule has 0 radical (unpaired) electrons. The average Bonchev–Trinajstić information content (AvgIpc) is 3.20. The zero-order valence-electron chi connectivity index (χ0n) is 10.9. The van der Waals surface area contributed by atoms with E-state index in [1.165, 1.54) is 17.5 Å². The van der Waals surface area contributed by atoms with Crippen LogP contribution in [0.1, 0.15) is 29.5 Å². The Morgan fingerprint density at radius 3 is 2.30 bits per heavy atom. The second-order valence-corrected chi connectivity index (χ2v) is 7.10. The average molecular weight is 396 g/mol. The van der Waals surface area contributed by atoms with Crippen molar-refractivity contribution in [3.05, 3.63) is 68.6 Å². The normalized spacial score (nSPS) is 22.6. The van der Waals surface area contributed by atoms with E-state index in [0.717, 1.165) is 8.95 Å². The first-order valence-corrected chi connectivity index (χ1v) is 8.24. The molecule has 0 heterocycles. The maximum atomic E-state index is 5.81. The Labute approximate surface area is 136 Å². The van der Waals surface area contributed by atoms with Gasteiger partial charge >= 0.3 is 0 Å². The van der Waals surface area contributed by atoms with Gasteiger partial charge in [0.25, 0.3) is 0 Å². The van der Waals surface area contributed by atoms with Crippen LogP contribution in [0.3, 0.4) is 0 Å². The van der Waals surface area contributed by atoms with Crippen molar-refractivity contribution in [2.45, 2.75) is 18.4 Å². The number of benzene rings is 2. The van der Waals surface area contributed by atoms with Gasteiger partial charge in [0, 0.05) is 15.0 Å². The van der Waals surface area contributed by atoms with Gasteiger partial charge < -0.3 is 0 Å². The molecule has 1 aliphatic rings. The Balaban J connectivity index is 1.82. The highest BCUT2D eigenvalue weighted by Crippen LogP contribution is 2.54. The van der Waals surface area contributed by atoms with E-state index in [0.29, 0.717) is 11.8 Å². The van der Waals surface area contributed by atoms with Crippen molar-refractivity contribution in [1.82, 2.24) is 5.43 Å². The number of rotatable bonds is 4. The SMILES string of the molecule is NNC(c1cc(Br)cc(Br)c1)C1CC1c1ccccc1. The van der Waals surface area contributed by atoms with Gasteiger partial charge in [-0.15, -0.1) is 0 Å². The summed E-state index contributed by atoms with van der Waals surface area (Å²) in [4.78, 5) is 0. The van der Waals surface area contributed by atoms with Crippen LogP contribution in [0, 0.1) is 5.92 Å². The molecule has 3 N–H and O–H groups in total. The summed E-state index contributed by atoms with van der Waals surface area (Å²) in [5.74, 6) is 6.97. The Kier molecular flexibility index (Phi) is 4.26. The molecular weight excluding hydrogens is 380 g/mol. The van der Waals surface area contributed by atoms with E-state index < -0.39 is 0 Å². The van der Waals surface area contributed by atoms with E-state index in [4.69, 9.17) is 5.84 Å². The number of hydrogen-bond acceptors (Lipinski definition) is 2. The standard InChI is InChI=1S/C16H16Br2N2/c17-12-6-11(7-13(18)8-12)16(20-19)15-9-14(15)10-4-2-1-3-5-10/h1-8,14-16,20H,9,19H2. The molecule has 0 saturated heterocycles. The predicted molar refractivity (Wildman–Crippen MR) is 89.2 cm³/mol. The predicted octanol–water partition coefficient (Wildman–Crippen LogP) is 4.52. The lowest BCUT2D eigenvalue weighted by Crippen LogP contribution is -2.29. The Bertz CT molecular complexity index is 580. The molecule has 3 atom stereocenters. The zero-order chi connectivity index (χ0) is 14.1. The summed E-state index contributed by atoms with van der Waals surface area (Å²) in [5.41, 5.74) is 5.62. The number of halogens is 2. The monoisotopic (exact) mass is 394 g/mol. The largest absolute Gasteiger partial charge is 0.271 e. The summed E-state index contributed by atoms with van der Waals surface area (Å²) in [6, 6.07) is 17.2. The van der Waals surface area contributed by atoms with Crippen molar-refractivity contribution >= 4 is 31.9 Å². The number of hydrogen-bond donors (Lipinski definition) is 2. The highest BCUT2D eigenvalue weighted by atomic mass is 79.9. The maximum absolute atomic E-state index is 5.81. The van der Waals surface area contributed by atoms with Gasteiger partial charge in [-0.05, 0) is 47.6 Å². The van der Waals surface area contributed by atoms with Gasteiger partial charge in [-0.2, -0.15) is 0 Å². The third kappa shape index (κ3) is 2.98. The minimum absolute atomic E-state index is 0.189. The van der Waals surface area contributed by atoms with Crippen LogP contribution in [-0.4, -0.2) is 0 Å². The molecule has 4 heteroatoms. The number of nitrogens with two attached hydrogens (primary N) is 1. The Morgan fingerprint density at radius 2 is 1.70 bits per heavy atom. The lowest BCUT2D eigenvalue weighted by atomic mass is 9.99. The van der Waals surface area contributed by atoms with Crippen molar-refractivity contribution < 1.29 is 0 Å². The fraction of sp³-hybridized carbons (Fsp3) is 0.250. The van der Waals surface area contributed by atoms with Crippen LogP contribution in [-0.2, 0) is 0 Å². The molecule has 104 valence electrons. The van der Waals surface area contributed by atoms with Crippen LogP contribution in [0.4, 0.5) is 0 Å². The van der Waals surface area contributed by atoms with E-state index in [2.05, 4.69) is 79.8 Å². The third-order valence-corrected chi connectivity index (χ3v) is 4.83. The summed E-state index contributed by atoms with van der Waals surface area (Å²) < 4.78 is 2.14. The van der Waals surface area contributed by atoms with E-state index in [1.807, 2.05) is 6.07 Å². The topological polar surface area (TPSA) is 38.0 Å². The lowest BCUT2D eigenvalue weighted by molar-refractivity contribution is 0.487. The van der Waals surface area contributed by atoms with Gasteiger partial charge in [0.05, 0.1) is 0 Å². The van der Waals surface area contributed by atoms with E-state index in [9.17, 15) is 0 Å². The van der Waals surface area contributed by atoms with Crippen molar-refractivity contribution in [3.63, 3.8) is 0 Å². The summed E-state index contributed by atoms with van der Waals surface area (Å²) in [6.45, 7) is 0. The Morgan fingerprint density at radius 1 is 1.05 bits per heavy atom. The van der Waals surface area contributed by atoms with Crippen LogP contribution in [0.2, 0.25) is 0 Å². The fourth-order valence-corrected chi connectivity index (χ4v) is 4.22. The molecule has 1 saturated carbocycles. The second kappa shape index (κ2) is 5.98. The summed E-state index contributed by atoms with van der Waals surface area (Å²) >= 11 is 7.08. The van der Waals surface area contributed by atoms with E-state index in [1.54, 1.807) is 0 Å². The second-order valence-electron chi connectivity index (χ2n) is 5.26. The van der Waals surface area contributed by atoms with Crippen LogP contribution in [0.15, 0.2) is 57.5 Å². The third-order valence-electron chi connectivity index (χ3n) is 3.92. The highest BCUT2D eigenvalue weighted by molar-refractivity contribution is 9.11. The molecule has 0 aromatic heterocycles. The van der Waals surface area contributed by atoms with Crippen LogP contribution in [0.5, 0.6) is 0 Å². The minimum Gasteiger partial charge on any atom is -0.271 e. The Hall–Kier alpha value is -0.680.